The summed E-state index contributed by atoms with van der Waals surface area (Å²) in [7, 11) is 0. The van der Waals surface area contributed by atoms with Gasteiger partial charge in [0, 0.05) is 5.92 Å². The Labute approximate surface area is 156 Å². The average molecular weight is 389 g/mol. The van der Waals surface area contributed by atoms with Crippen molar-refractivity contribution in [3.8, 4) is 11.5 Å². The summed E-state index contributed by atoms with van der Waals surface area (Å²) in [5, 5.41) is 8.71. The van der Waals surface area contributed by atoms with Gasteiger partial charge in [-0.1, -0.05) is 38.4 Å². The molecule has 26 heavy (non-hydrogen) atoms. The van der Waals surface area contributed by atoms with Crippen LogP contribution in [-0.4, -0.2) is 23.8 Å². The topological polar surface area (TPSA) is 55.8 Å². The molecule has 2 rings (SSSR count). The van der Waals surface area contributed by atoms with Crippen molar-refractivity contribution in [1.82, 2.24) is 0 Å². The number of allylic oxidation sites excluding steroid dienone is 1. The summed E-state index contributed by atoms with van der Waals surface area (Å²) < 4.78 is 38.7. The standard InChI is InChI=1S/C19H23ClF2O4/c1-5-18(16(23)24)14(17(18,3)4)11-15(20)19(21,22)26-13-9-7-12(8-10-13)25-6-2/h7-11,14H,5-6H2,1-4H3,(H,23,24). The number of ether oxygens (including phenoxy) is 2. The maximum absolute atomic E-state index is 14.3. The normalized spacial score (nSPS) is 24.9. The molecule has 0 radical (unpaired) electrons. The first kappa shape index (κ1) is 20.5. The van der Waals surface area contributed by atoms with Crippen molar-refractivity contribution in [2.24, 2.45) is 16.7 Å². The van der Waals surface area contributed by atoms with Gasteiger partial charge in [0.2, 0.25) is 0 Å². The molecule has 1 N–H and O–H groups in total. The molecule has 0 saturated heterocycles. The van der Waals surface area contributed by atoms with E-state index in [1.807, 2.05) is 6.92 Å². The number of hydrogen-bond donors (Lipinski definition) is 1. The Kier molecular flexibility index (Phi) is 5.57. The smallest absolute Gasteiger partial charge is 0.437 e. The Morgan fingerprint density at radius 2 is 1.81 bits per heavy atom. The van der Waals surface area contributed by atoms with Crippen LogP contribution in [0.5, 0.6) is 11.5 Å². The highest BCUT2D eigenvalue weighted by molar-refractivity contribution is 6.30. The highest BCUT2D eigenvalue weighted by atomic mass is 35.5. The maximum Gasteiger partial charge on any atom is 0.437 e. The lowest BCUT2D eigenvalue weighted by molar-refractivity contribution is -0.145. The molecule has 2 unspecified atom stereocenters. The number of carboxylic acid groups (broad SMARTS) is 1. The van der Waals surface area contributed by atoms with Crippen molar-refractivity contribution >= 4 is 17.6 Å². The van der Waals surface area contributed by atoms with Gasteiger partial charge in [-0.25, -0.2) is 0 Å². The van der Waals surface area contributed by atoms with Gasteiger partial charge in [-0.3, -0.25) is 4.79 Å². The highest BCUT2D eigenvalue weighted by Crippen LogP contribution is 2.71. The Morgan fingerprint density at radius 1 is 1.27 bits per heavy atom. The summed E-state index contributed by atoms with van der Waals surface area (Å²) in [4.78, 5) is 11.6. The van der Waals surface area contributed by atoms with Gasteiger partial charge in [-0.2, -0.15) is 8.78 Å². The fourth-order valence-corrected chi connectivity index (χ4v) is 3.86. The largest absolute Gasteiger partial charge is 0.494 e. The van der Waals surface area contributed by atoms with E-state index in [2.05, 4.69) is 0 Å². The van der Waals surface area contributed by atoms with Crippen LogP contribution in [0.1, 0.15) is 34.1 Å². The number of carbonyl (C=O) groups is 1. The third-order valence-electron chi connectivity index (χ3n) is 5.29. The average Bonchev–Trinajstić information content (AvgIpc) is 3.04. The maximum atomic E-state index is 14.3. The van der Waals surface area contributed by atoms with E-state index in [4.69, 9.17) is 21.1 Å². The first-order valence-electron chi connectivity index (χ1n) is 8.43. The van der Waals surface area contributed by atoms with Gasteiger partial charge in [0.15, 0.2) is 0 Å². The van der Waals surface area contributed by atoms with Crippen LogP contribution in [0, 0.1) is 16.7 Å². The zero-order valence-corrected chi connectivity index (χ0v) is 15.9. The molecule has 0 bridgehead atoms. The third kappa shape index (κ3) is 3.39. The number of hydrogen-bond acceptors (Lipinski definition) is 3. The number of aliphatic carboxylic acids is 1. The van der Waals surface area contributed by atoms with Crippen molar-refractivity contribution in [3.05, 3.63) is 35.4 Å². The van der Waals surface area contributed by atoms with Crippen LogP contribution >= 0.6 is 11.6 Å². The number of halogens is 3. The van der Waals surface area contributed by atoms with Gasteiger partial charge in [0.1, 0.15) is 16.5 Å². The van der Waals surface area contributed by atoms with Gasteiger partial charge in [-0.05, 0) is 43.0 Å². The van der Waals surface area contributed by atoms with Crippen LogP contribution < -0.4 is 9.47 Å². The molecule has 7 heteroatoms. The summed E-state index contributed by atoms with van der Waals surface area (Å²) in [5.74, 6) is -1.13. The first-order chi connectivity index (χ1) is 12.0. The molecule has 2 atom stereocenters. The fraction of sp³-hybridized carbons (Fsp3) is 0.526. The summed E-state index contributed by atoms with van der Waals surface area (Å²) >= 11 is 5.82. The molecular weight excluding hydrogens is 366 g/mol. The van der Waals surface area contributed by atoms with Crippen molar-refractivity contribution in [1.29, 1.82) is 0 Å². The van der Waals surface area contributed by atoms with E-state index in [1.54, 1.807) is 20.8 Å². The minimum Gasteiger partial charge on any atom is -0.494 e. The van der Waals surface area contributed by atoms with Crippen LogP contribution in [0.25, 0.3) is 0 Å². The van der Waals surface area contributed by atoms with Gasteiger partial charge in [0.05, 0.1) is 12.0 Å². The Hall–Kier alpha value is -1.82. The SMILES string of the molecule is CCOc1ccc(OC(F)(F)C(Cl)=CC2C(C)(C)C2(CC)C(=O)O)cc1. The van der Waals surface area contributed by atoms with Crippen molar-refractivity contribution in [2.45, 2.75) is 40.2 Å². The molecule has 1 saturated carbocycles. The summed E-state index contributed by atoms with van der Waals surface area (Å²) in [6, 6.07) is 5.75. The van der Waals surface area contributed by atoms with Crippen LogP contribution in [0.2, 0.25) is 0 Å². The summed E-state index contributed by atoms with van der Waals surface area (Å²) in [6.45, 7) is 7.48. The van der Waals surface area contributed by atoms with E-state index in [-0.39, 0.29) is 5.75 Å². The molecule has 1 aromatic rings. The lowest BCUT2D eigenvalue weighted by atomic mass is 9.93. The number of rotatable bonds is 8. The Bertz CT molecular complexity index is 700. The van der Waals surface area contributed by atoms with E-state index >= 15 is 0 Å². The van der Waals surface area contributed by atoms with Crippen molar-refractivity contribution in [2.75, 3.05) is 6.61 Å². The molecule has 4 nitrogen and oxygen atoms in total. The van der Waals surface area contributed by atoms with Crippen LogP contribution in [0.15, 0.2) is 35.4 Å². The molecule has 1 aliphatic carbocycles. The third-order valence-corrected chi connectivity index (χ3v) is 5.63. The molecule has 1 aromatic carbocycles. The molecule has 0 aliphatic heterocycles. The lowest BCUT2D eigenvalue weighted by Crippen LogP contribution is -2.25. The molecule has 0 aromatic heterocycles. The Morgan fingerprint density at radius 3 is 2.23 bits per heavy atom. The predicted molar refractivity (Wildman–Crippen MR) is 94.8 cm³/mol. The van der Waals surface area contributed by atoms with Crippen LogP contribution in [0.4, 0.5) is 8.78 Å². The lowest BCUT2D eigenvalue weighted by Gasteiger charge is -2.18. The quantitative estimate of drug-likeness (QED) is 0.655. The van der Waals surface area contributed by atoms with E-state index in [0.717, 1.165) is 6.08 Å². The zero-order valence-electron chi connectivity index (χ0n) is 15.2. The minimum atomic E-state index is -3.76. The van der Waals surface area contributed by atoms with Gasteiger partial charge in [0.25, 0.3) is 0 Å². The minimum absolute atomic E-state index is 0.0694. The molecule has 1 fully saturated rings. The molecule has 0 amide bonds. The van der Waals surface area contributed by atoms with Crippen LogP contribution in [-0.2, 0) is 4.79 Å². The molecule has 144 valence electrons. The van der Waals surface area contributed by atoms with Crippen LogP contribution in [0.3, 0.4) is 0 Å². The Balaban J connectivity index is 2.18. The van der Waals surface area contributed by atoms with Crippen molar-refractivity contribution < 1.29 is 28.2 Å². The van der Waals surface area contributed by atoms with E-state index in [0.29, 0.717) is 18.8 Å². The van der Waals surface area contributed by atoms with Gasteiger partial charge in [-0.15, -0.1) is 0 Å². The van der Waals surface area contributed by atoms with E-state index in [1.165, 1.54) is 24.3 Å². The molecule has 0 spiro atoms. The number of alkyl halides is 2. The predicted octanol–water partition coefficient (Wildman–Crippen LogP) is 5.32. The summed E-state index contributed by atoms with van der Waals surface area (Å²) in [6.07, 6.45) is -2.31. The van der Waals surface area contributed by atoms with E-state index < -0.39 is 33.9 Å². The van der Waals surface area contributed by atoms with Gasteiger partial charge < -0.3 is 14.6 Å². The second kappa shape index (κ2) is 7.06. The van der Waals surface area contributed by atoms with Gasteiger partial charge >= 0.3 is 12.1 Å². The highest BCUT2D eigenvalue weighted by Gasteiger charge is 2.74. The first-order valence-corrected chi connectivity index (χ1v) is 8.81. The summed E-state index contributed by atoms with van der Waals surface area (Å²) in [5.41, 5.74) is -1.76. The molecule has 1 aliphatic rings. The van der Waals surface area contributed by atoms with Crippen molar-refractivity contribution in [3.63, 3.8) is 0 Å². The second-order valence-corrected chi connectivity index (χ2v) is 7.27. The molecular formula is C19H23ClF2O4. The fourth-order valence-electron chi connectivity index (χ4n) is 3.69. The zero-order chi connectivity index (χ0) is 19.8. The number of carboxylic acids is 1. The van der Waals surface area contributed by atoms with E-state index in [9.17, 15) is 18.7 Å². The number of benzene rings is 1. The monoisotopic (exact) mass is 388 g/mol. The second-order valence-electron chi connectivity index (χ2n) is 6.87. The molecule has 0 heterocycles.